The number of hydrogen-bond acceptors (Lipinski definition) is 3. The van der Waals surface area contributed by atoms with Crippen LogP contribution in [-0.2, 0) is 7.05 Å². The molecule has 4 nitrogen and oxygen atoms in total. The lowest BCUT2D eigenvalue weighted by atomic mass is 9.95. The minimum atomic E-state index is -0.189. The molecule has 3 aromatic rings. The average molecular weight is 341 g/mol. The van der Waals surface area contributed by atoms with Gasteiger partial charge in [0.2, 0.25) is 0 Å². The first-order valence-corrected chi connectivity index (χ1v) is 7.86. The maximum Gasteiger partial charge on any atom is 0.278 e. The molecule has 0 aliphatic rings. The topological polar surface area (TPSA) is 44.1 Å². The van der Waals surface area contributed by atoms with Crippen molar-refractivity contribution in [1.29, 1.82) is 0 Å². The molecule has 0 aliphatic carbocycles. The van der Waals surface area contributed by atoms with Crippen LogP contribution in [-0.4, -0.2) is 16.9 Å². The van der Waals surface area contributed by atoms with E-state index in [-0.39, 0.29) is 5.56 Å². The summed E-state index contributed by atoms with van der Waals surface area (Å²) in [5.74, 6) is 0.467. The average Bonchev–Trinajstić information content (AvgIpc) is 2.59. The smallest absolute Gasteiger partial charge is 0.278 e. The Morgan fingerprint density at radius 2 is 1.75 bits per heavy atom. The Kier molecular flexibility index (Phi) is 4.40. The van der Waals surface area contributed by atoms with E-state index in [1.807, 2.05) is 49.4 Å². The van der Waals surface area contributed by atoms with Crippen molar-refractivity contribution in [3.05, 3.63) is 69.6 Å². The molecule has 0 aliphatic heterocycles. The third-order valence-corrected chi connectivity index (χ3v) is 4.26. The van der Waals surface area contributed by atoms with Gasteiger partial charge in [-0.2, -0.15) is 5.10 Å². The van der Waals surface area contributed by atoms with Crippen molar-refractivity contribution in [3.8, 4) is 28.0 Å². The van der Waals surface area contributed by atoms with Gasteiger partial charge in [-0.15, -0.1) is 0 Å². The highest BCUT2D eigenvalue weighted by molar-refractivity contribution is 6.30. The van der Waals surface area contributed by atoms with Crippen LogP contribution >= 0.6 is 11.6 Å². The Labute approximate surface area is 145 Å². The summed E-state index contributed by atoms with van der Waals surface area (Å²) in [7, 11) is 3.17. The molecule has 0 fully saturated rings. The monoisotopic (exact) mass is 340 g/mol. The molecule has 0 bridgehead atoms. The van der Waals surface area contributed by atoms with Gasteiger partial charge in [-0.1, -0.05) is 35.9 Å². The van der Waals surface area contributed by atoms with E-state index in [4.69, 9.17) is 16.3 Å². The van der Waals surface area contributed by atoms with Gasteiger partial charge in [0.1, 0.15) is 0 Å². The first kappa shape index (κ1) is 16.3. The molecule has 1 aromatic heterocycles. The fourth-order valence-corrected chi connectivity index (χ4v) is 2.77. The van der Waals surface area contributed by atoms with Crippen LogP contribution in [0.15, 0.2) is 53.5 Å². The Balaban J connectivity index is 2.23. The summed E-state index contributed by atoms with van der Waals surface area (Å²) in [6.07, 6.45) is 1.56. The van der Waals surface area contributed by atoms with E-state index in [1.165, 1.54) is 4.68 Å². The highest BCUT2D eigenvalue weighted by Gasteiger charge is 2.16. The highest BCUT2D eigenvalue weighted by Crippen LogP contribution is 2.32. The minimum absolute atomic E-state index is 0.189. The van der Waals surface area contributed by atoms with Crippen LogP contribution in [0.3, 0.4) is 0 Å². The molecule has 0 amide bonds. The van der Waals surface area contributed by atoms with Gasteiger partial charge in [0, 0.05) is 12.1 Å². The zero-order chi connectivity index (χ0) is 17.3. The largest absolute Gasteiger partial charge is 0.494 e. The van der Waals surface area contributed by atoms with E-state index >= 15 is 0 Å². The summed E-state index contributed by atoms with van der Waals surface area (Å²) >= 11 is 5.96. The van der Waals surface area contributed by atoms with Gasteiger partial charge in [0.05, 0.1) is 18.9 Å². The van der Waals surface area contributed by atoms with Gasteiger partial charge in [-0.05, 0) is 47.4 Å². The molecule has 24 heavy (non-hydrogen) atoms. The second kappa shape index (κ2) is 6.49. The number of aryl methyl sites for hydroxylation is 2. The quantitative estimate of drug-likeness (QED) is 0.721. The molecule has 3 rings (SSSR count). The molecule has 0 N–H and O–H groups in total. The standard InChI is InChI=1S/C19H17ClN2O2/c1-12-4-5-14(13-6-8-15(20)9-7-13)10-16(12)18-17(24-3)11-21-22(2)19(18)23/h4-11H,1-3H3. The van der Waals surface area contributed by atoms with Gasteiger partial charge >= 0.3 is 0 Å². The fourth-order valence-electron chi connectivity index (χ4n) is 2.64. The lowest BCUT2D eigenvalue weighted by molar-refractivity contribution is 0.410. The number of halogens is 1. The van der Waals surface area contributed by atoms with E-state index < -0.39 is 0 Å². The van der Waals surface area contributed by atoms with E-state index in [9.17, 15) is 4.79 Å². The maximum atomic E-state index is 12.6. The predicted molar refractivity (Wildman–Crippen MR) is 96.6 cm³/mol. The molecule has 1 heterocycles. The van der Waals surface area contributed by atoms with Crippen LogP contribution in [0.5, 0.6) is 5.75 Å². The summed E-state index contributed by atoms with van der Waals surface area (Å²) in [5.41, 5.74) is 4.20. The zero-order valence-corrected chi connectivity index (χ0v) is 14.5. The molecule has 5 heteroatoms. The summed E-state index contributed by atoms with van der Waals surface area (Å²) in [5, 5.41) is 4.71. The van der Waals surface area contributed by atoms with Crippen LogP contribution in [0, 0.1) is 6.92 Å². The molecule has 122 valence electrons. The zero-order valence-electron chi connectivity index (χ0n) is 13.7. The van der Waals surface area contributed by atoms with Crippen LogP contribution in [0.25, 0.3) is 22.3 Å². The Morgan fingerprint density at radius 3 is 2.42 bits per heavy atom. The van der Waals surface area contributed by atoms with Crippen molar-refractivity contribution in [2.24, 2.45) is 7.05 Å². The third kappa shape index (κ3) is 2.93. The van der Waals surface area contributed by atoms with Crippen LogP contribution < -0.4 is 10.3 Å². The van der Waals surface area contributed by atoms with Crippen molar-refractivity contribution in [2.45, 2.75) is 6.92 Å². The minimum Gasteiger partial charge on any atom is -0.494 e. The van der Waals surface area contributed by atoms with Crippen molar-refractivity contribution >= 4 is 11.6 Å². The molecular formula is C19H17ClN2O2. The summed E-state index contributed by atoms with van der Waals surface area (Å²) < 4.78 is 6.67. The van der Waals surface area contributed by atoms with E-state index in [1.54, 1.807) is 20.4 Å². The van der Waals surface area contributed by atoms with Crippen LogP contribution in [0.4, 0.5) is 0 Å². The second-order valence-electron chi connectivity index (χ2n) is 5.55. The molecule has 0 spiro atoms. The summed E-state index contributed by atoms with van der Waals surface area (Å²) in [4.78, 5) is 12.6. The normalized spacial score (nSPS) is 10.7. The predicted octanol–water partition coefficient (Wildman–Crippen LogP) is 4.08. The molecule has 0 radical (unpaired) electrons. The van der Waals surface area contributed by atoms with E-state index in [0.29, 0.717) is 16.3 Å². The maximum absolute atomic E-state index is 12.6. The molecule has 0 saturated heterocycles. The van der Waals surface area contributed by atoms with Crippen molar-refractivity contribution in [1.82, 2.24) is 9.78 Å². The number of ether oxygens (including phenoxy) is 1. The van der Waals surface area contributed by atoms with Gasteiger partial charge in [0.15, 0.2) is 5.75 Å². The van der Waals surface area contributed by atoms with Crippen molar-refractivity contribution in [2.75, 3.05) is 7.11 Å². The van der Waals surface area contributed by atoms with Gasteiger partial charge in [0.25, 0.3) is 5.56 Å². The lowest BCUT2D eigenvalue weighted by Crippen LogP contribution is -2.22. The molecule has 2 aromatic carbocycles. The molecular weight excluding hydrogens is 324 g/mol. The van der Waals surface area contributed by atoms with E-state index in [2.05, 4.69) is 5.10 Å². The van der Waals surface area contributed by atoms with Crippen molar-refractivity contribution < 1.29 is 4.74 Å². The first-order chi connectivity index (χ1) is 11.5. The van der Waals surface area contributed by atoms with Gasteiger partial charge < -0.3 is 4.74 Å². The SMILES string of the molecule is COc1cnn(C)c(=O)c1-c1cc(-c2ccc(Cl)cc2)ccc1C. The van der Waals surface area contributed by atoms with E-state index in [0.717, 1.165) is 22.3 Å². The number of hydrogen-bond donors (Lipinski definition) is 0. The summed E-state index contributed by atoms with van der Waals surface area (Å²) in [6.45, 7) is 1.97. The van der Waals surface area contributed by atoms with Gasteiger partial charge in [-0.25, -0.2) is 4.68 Å². The first-order valence-electron chi connectivity index (χ1n) is 7.48. The van der Waals surface area contributed by atoms with Crippen LogP contribution in [0.2, 0.25) is 5.02 Å². The Bertz CT molecular complexity index is 947. The fraction of sp³-hybridized carbons (Fsp3) is 0.158. The van der Waals surface area contributed by atoms with Gasteiger partial charge in [-0.3, -0.25) is 4.79 Å². The lowest BCUT2D eigenvalue weighted by Gasteiger charge is -2.13. The Morgan fingerprint density at radius 1 is 1.08 bits per heavy atom. The molecule has 0 atom stereocenters. The molecule has 0 unspecified atom stereocenters. The number of benzene rings is 2. The number of rotatable bonds is 3. The number of nitrogens with zero attached hydrogens (tertiary/aromatic N) is 2. The van der Waals surface area contributed by atoms with Crippen molar-refractivity contribution in [3.63, 3.8) is 0 Å². The highest BCUT2D eigenvalue weighted by atomic mass is 35.5. The molecule has 0 saturated carbocycles. The number of aromatic nitrogens is 2. The number of methoxy groups -OCH3 is 1. The Hall–Kier alpha value is -2.59. The third-order valence-electron chi connectivity index (χ3n) is 4.01. The summed E-state index contributed by atoms with van der Waals surface area (Å²) in [6, 6.07) is 13.6. The van der Waals surface area contributed by atoms with Crippen LogP contribution in [0.1, 0.15) is 5.56 Å². The second-order valence-corrected chi connectivity index (χ2v) is 5.99.